The molecule has 0 saturated heterocycles. The third kappa shape index (κ3) is 3.27. The van der Waals surface area contributed by atoms with E-state index in [1.807, 2.05) is 13.8 Å². The van der Waals surface area contributed by atoms with Gasteiger partial charge in [-0.25, -0.2) is 0 Å². The number of hydrogen-bond acceptors (Lipinski definition) is 3. The van der Waals surface area contributed by atoms with E-state index in [0.717, 1.165) is 18.5 Å². The third-order valence-corrected chi connectivity index (χ3v) is 1.65. The first-order valence-electron chi connectivity index (χ1n) is 4.45. The Morgan fingerprint density at radius 2 is 2.46 bits per heavy atom. The number of amides is 1. The highest BCUT2D eigenvalue weighted by Crippen LogP contribution is 2.09. The van der Waals surface area contributed by atoms with Crippen molar-refractivity contribution in [2.75, 3.05) is 5.32 Å². The molecule has 0 radical (unpaired) electrons. The average Bonchev–Trinajstić information content (AvgIpc) is 2.48. The lowest BCUT2D eigenvalue weighted by Gasteiger charge is -1.98. The van der Waals surface area contributed by atoms with Crippen LogP contribution in [0.25, 0.3) is 0 Å². The molecule has 1 rings (SSSR count). The molecular weight excluding hydrogens is 168 g/mol. The molecule has 1 aromatic rings. The number of hydrogen-bond donors (Lipinski definition) is 1. The molecule has 4 nitrogen and oxygen atoms in total. The van der Waals surface area contributed by atoms with Gasteiger partial charge in [-0.1, -0.05) is 18.5 Å². The van der Waals surface area contributed by atoms with Crippen molar-refractivity contribution < 1.29 is 9.32 Å². The first kappa shape index (κ1) is 9.77. The predicted octanol–water partition coefficient (Wildman–Crippen LogP) is 2.11. The fourth-order valence-corrected chi connectivity index (χ4v) is 0.960. The lowest BCUT2D eigenvalue weighted by atomic mass is 10.2. The number of carbonyl (C=O) groups excluding carboxylic acids is 1. The van der Waals surface area contributed by atoms with Gasteiger partial charge < -0.3 is 4.52 Å². The van der Waals surface area contributed by atoms with E-state index in [-0.39, 0.29) is 5.91 Å². The number of unbranched alkanes of at least 4 members (excludes halogenated alkanes) is 1. The molecule has 0 aliphatic rings. The summed E-state index contributed by atoms with van der Waals surface area (Å²) in [5.41, 5.74) is 0.769. The molecule has 0 saturated carbocycles. The van der Waals surface area contributed by atoms with Crippen molar-refractivity contribution in [1.82, 2.24) is 5.16 Å². The number of nitrogens with zero attached hydrogens (tertiary/aromatic N) is 1. The molecule has 72 valence electrons. The number of aryl methyl sites for hydroxylation is 1. The number of nitrogens with one attached hydrogen (secondary N) is 1. The molecule has 1 amide bonds. The molecule has 0 spiro atoms. The molecule has 0 bridgehead atoms. The second-order valence-electron chi connectivity index (χ2n) is 2.98. The quantitative estimate of drug-likeness (QED) is 0.775. The number of carbonyl (C=O) groups is 1. The summed E-state index contributed by atoms with van der Waals surface area (Å²) in [6.45, 7) is 3.86. The summed E-state index contributed by atoms with van der Waals surface area (Å²) in [5.74, 6) is 0.414. The summed E-state index contributed by atoms with van der Waals surface area (Å²) < 4.78 is 4.83. The lowest BCUT2D eigenvalue weighted by molar-refractivity contribution is -0.116. The summed E-state index contributed by atoms with van der Waals surface area (Å²) in [7, 11) is 0. The van der Waals surface area contributed by atoms with Crippen molar-refractivity contribution in [2.24, 2.45) is 0 Å². The van der Waals surface area contributed by atoms with Gasteiger partial charge in [0, 0.05) is 12.5 Å². The van der Waals surface area contributed by atoms with E-state index in [9.17, 15) is 4.79 Å². The third-order valence-electron chi connectivity index (χ3n) is 1.65. The Hall–Kier alpha value is -1.32. The maximum Gasteiger partial charge on any atom is 0.231 e. The van der Waals surface area contributed by atoms with Crippen LogP contribution in [0.4, 0.5) is 5.88 Å². The Morgan fingerprint density at radius 1 is 1.69 bits per heavy atom. The fourth-order valence-electron chi connectivity index (χ4n) is 0.960. The van der Waals surface area contributed by atoms with E-state index < -0.39 is 0 Å². The van der Waals surface area contributed by atoms with Gasteiger partial charge in [-0.3, -0.25) is 10.1 Å². The number of rotatable bonds is 4. The molecule has 0 aromatic carbocycles. The maximum atomic E-state index is 11.2. The summed E-state index contributed by atoms with van der Waals surface area (Å²) in [6.07, 6.45) is 2.46. The molecule has 0 aliphatic carbocycles. The topological polar surface area (TPSA) is 55.1 Å². The molecule has 0 aliphatic heterocycles. The minimum Gasteiger partial charge on any atom is -0.338 e. The summed E-state index contributed by atoms with van der Waals surface area (Å²) in [4.78, 5) is 11.2. The average molecular weight is 182 g/mol. The van der Waals surface area contributed by atoms with Gasteiger partial charge >= 0.3 is 0 Å². The van der Waals surface area contributed by atoms with Crippen LogP contribution in [-0.4, -0.2) is 11.1 Å². The van der Waals surface area contributed by atoms with Gasteiger partial charge in [0.2, 0.25) is 11.8 Å². The summed E-state index contributed by atoms with van der Waals surface area (Å²) >= 11 is 0. The van der Waals surface area contributed by atoms with Crippen LogP contribution in [0.1, 0.15) is 31.9 Å². The van der Waals surface area contributed by atoms with Crippen LogP contribution in [0.2, 0.25) is 0 Å². The molecule has 0 unspecified atom stereocenters. The second-order valence-corrected chi connectivity index (χ2v) is 2.98. The number of aromatic nitrogens is 1. The molecule has 0 fully saturated rings. The van der Waals surface area contributed by atoms with E-state index in [1.165, 1.54) is 0 Å². The Labute approximate surface area is 77.3 Å². The highest BCUT2D eigenvalue weighted by molar-refractivity contribution is 5.89. The predicted molar refractivity (Wildman–Crippen MR) is 49.4 cm³/mol. The van der Waals surface area contributed by atoms with Crippen LogP contribution in [0.15, 0.2) is 10.6 Å². The Bertz CT molecular complexity index is 281. The van der Waals surface area contributed by atoms with Gasteiger partial charge in [0.1, 0.15) is 0 Å². The lowest BCUT2D eigenvalue weighted by Crippen LogP contribution is -2.10. The zero-order valence-corrected chi connectivity index (χ0v) is 7.96. The second kappa shape index (κ2) is 4.64. The summed E-state index contributed by atoms with van der Waals surface area (Å²) in [6, 6.07) is 1.70. The minimum absolute atomic E-state index is 0.0157. The van der Waals surface area contributed by atoms with Crippen LogP contribution < -0.4 is 5.32 Å². The van der Waals surface area contributed by atoms with E-state index >= 15 is 0 Å². The van der Waals surface area contributed by atoms with Crippen molar-refractivity contribution in [3.63, 3.8) is 0 Å². The van der Waals surface area contributed by atoms with Crippen molar-refractivity contribution in [3.05, 3.63) is 11.8 Å². The Balaban J connectivity index is 2.36. The normalized spacial score (nSPS) is 10.0. The first-order valence-corrected chi connectivity index (χ1v) is 4.45. The zero-order valence-electron chi connectivity index (χ0n) is 7.96. The van der Waals surface area contributed by atoms with Crippen LogP contribution in [0.5, 0.6) is 0 Å². The van der Waals surface area contributed by atoms with Crippen LogP contribution in [-0.2, 0) is 4.79 Å². The van der Waals surface area contributed by atoms with Crippen molar-refractivity contribution >= 4 is 11.8 Å². The first-order chi connectivity index (χ1) is 6.22. The van der Waals surface area contributed by atoms with Gasteiger partial charge in [-0.15, -0.1) is 0 Å². The fraction of sp³-hybridized carbons (Fsp3) is 0.556. The van der Waals surface area contributed by atoms with E-state index in [4.69, 9.17) is 4.52 Å². The molecule has 1 heterocycles. The van der Waals surface area contributed by atoms with E-state index in [1.54, 1.807) is 6.07 Å². The Morgan fingerprint density at radius 3 is 3.00 bits per heavy atom. The largest absolute Gasteiger partial charge is 0.338 e. The van der Waals surface area contributed by atoms with E-state index in [0.29, 0.717) is 12.3 Å². The molecular formula is C9H14N2O2. The van der Waals surface area contributed by atoms with Crippen LogP contribution in [0.3, 0.4) is 0 Å². The van der Waals surface area contributed by atoms with Gasteiger partial charge in [0.05, 0.1) is 5.69 Å². The number of anilines is 1. The highest BCUT2D eigenvalue weighted by Gasteiger charge is 2.04. The monoisotopic (exact) mass is 182 g/mol. The SMILES string of the molecule is CCCCC(=O)Nc1cc(C)no1. The highest BCUT2D eigenvalue weighted by atomic mass is 16.5. The summed E-state index contributed by atoms with van der Waals surface area (Å²) in [5, 5.41) is 6.29. The van der Waals surface area contributed by atoms with Crippen LogP contribution >= 0.6 is 0 Å². The van der Waals surface area contributed by atoms with Gasteiger partial charge in [-0.05, 0) is 13.3 Å². The molecule has 0 atom stereocenters. The van der Waals surface area contributed by atoms with Crippen LogP contribution in [0, 0.1) is 6.92 Å². The minimum atomic E-state index is -0.0157. The van der Waals surface area contributed by atoms with Crippen molar-refractivity contribution in [2.45, 2.75) is 33.1 Å². The van der Waals surface area contributed by atoms with E-state index in [2.05, 4.69) is 10.5 Å². The van der Waals surface area contributed by atoms with Gasteiger partial charge in [-0.2, -0.15) is 0 Å². The smallest absolute Gasteiger partial charge is 0.231 e. The molecule has 1 N–H and O–H groups in total. The molecule has 13 heavy (non-hydrogen) atoms. The maximum absolute atomic E-state index is 11.2. The van der Waals surface area contributed by atoms with Crippen molar-refractivity contribution in [3.8, 4) is 0 Å². The standard InChI is InChI=1S/C9H14N2O2/c1-3-4-5-8(12)10-9-6-7(2)11-13-9/h6H,3-5H2,1-2H3,(H,10,12). The molecule has 1 aromatic heterocycles. The van der Waals surface area contributed by atoms with Gasteiger partial charge in [0.25, 0.3) is 0 Å². The van der Waals surface area contributed by atoms with Gasteiger partial charge in [0.15, 0.2) is 0 Å². The van der Waals surface area contributed by atoms with Crippen molar-refractivity contribution in [1.29, 1.82) is 0 Å². The zero-order chi connectivity index (χ0) is 9.68. The molecule has 4 heteroatoms. The Kier molecular flexibility index (Phi) is 3.49.